The molecule has 0 radical (unpaired) electrons. The quantitative estimate of drug-likeness (QED) is 0.803. The van der Waals surface area contributed by atoms with Gasteiger partial charge in [-0.2, -0.15) is 0 Å². The van der Waals surface area contributed by atoms with Crippen LogP contribution in [0.2, 0.25) is 5.02 Å². The Bertz CT molecular complexity index is 586. The van der Waals surface area contributed by atoms with E-state index in [9.17, 15) is 13.2 Å². The SMILES string of the molecule is CC(C)OCCS(=O)(=O)Nc1c(Cl)cccc1C(=O)O. The summed E-state index contributed by atoms with van der Waals surface area (Å²) in [4.78, 5) is 11.0. The Morgan fingerprint density at radius 1 is 1.45 bits per heavy atom. The fraction of sp³-hybridized carbons (Fsp3) is 0.417. The Morgan fingerprint density at radius 2 is 2.10 bits per heavy atom. The first-order chi connectivity index (χ1) is 9.23. The van der Waals surface area contributed by atoms with Crippen LogP contribution in [0, 0.1) is 0 Å². The fourth-order valence-corrected chi connectivity index (χ4v) is 2.63. The topological polar surface area (TPSA) is 92.7 Å². The molecule has 0 heterocycles. The fourth-order valence-electron chi connectivity index (χ4n) is 1.41. The van der Waals surface area contributed by atoms with Gasteiger partial charge in [-0.3, -0.25) is 4.72 Å². The molecule has 1 rings (SSSR count). The number of benzene rings is 1. The summed E-state index contributed by atoms with van der Waals surface area (Å²) in [5.74, 6) is -1.54. The van der Waals surface area contributed by atoms with Crippen molar-refractivity contribution >= 4 is 33.3 Å². The molecule has 0 atom stereocenters. The lowest BCUT2D eigenvalue weighted by Gasteiger charge is -2.13. The van der Waals surface area contributed by atoms with Gasteiger partial charge in [0, 0.05) is 0 Å². The Labute approximate surface area is 122 Å². The van der Waals surface area contributed by atoms with E-state index in [1.165, 1.54) is 18.2 Å². The zero-order valence-corrected chi connectivity index (χ0v) is 12.7. The molecule has 0 aromatic heterocycles. The summed E-state index contributed by atoms with van der Waals surface area (Å²) in [5, 5.41) is 9.04. The Balaban J connectivity index is 2.89. The highest BCUT2D eigenvalue weighted by Crippen LogP contribution is 2.27. The van der Waals surface area contributed by atoms with Crippen LogP contribution in [0.3, 0.4) is 0 Å². The van der Waals surface area contributed by atoms with Crippen LogP contribution in [-0.4, -0.2) is 38.0 Å². The van der Waals surface area contributed by atoms with E-state index in [0.717, 1.165) is 0 Å². The average molecular weight is 322 g/mol. The number of halogens is 1. The van der Waals surface area contributed by atoms with Crippen LogP contribution in [0.15, 0.2) is 18.2 Å². The van der Waals surface area contributed by atoms with Gasteiger partial charge >= 0.3 is 5.97 Å². The van der Waals surface area contributed by atoms with Crippen molar-refractivity contribution in [1.82, 2.24) is 0 Å². The molecule has 1 aromatic carbocycles. The maximum Gasteiger partial charge on any atom is 0.337 e. The number of aromatic carboxylic acids is 1. The van der Waals surface area contributed by atoms with E-state index < -0.39 is 16.0 Å². The van der Waals surface area contributed by atoms with Gasteiger partial charge in [-0.15, -0.1) is 0 Å². The van der Waals surface area contributed by atoms with Crippen molar-refractivity contribution in [3.8, 4) is 0 Å². The second-order valence-corrected chi connectivity index (χ2v) is 6.56. The third-order valence-electron chi connectivity index (χ3n) is 2.30. The molecule has 0 unspecified atom stereocenters. The lowest BCUT2D eigenvalue weighted by molar-refractivity contribution is 0.0698. The number of para-hydroxylation sites is 1. The standard InChI is InChI=1S/C12H16ClNO5S/c1-8(2)19-6-7-20(17,18)14-11-9(12(15)16)4-3-5-10(11)13/h3-5,8,14H,6-7H2,1-2H3,(H,15,16). The normalized spacial score (nSPS) is 11.6. The largest absolute Gasteiger partial charge is 0.478 e. The van der Waals surface area contributed by atoms with Crippen LogP contribution in [-0.2, 0) is 14.8 Å². The molecule has 0 saturated carbocycles. The van der Waals surface area contributed by atoms with Crippen molar-refractivity contribution in [2.45, 2.75) is 20.0 Å². The maximum atomic E-state index is 11.9. The van der Waals surface area contributed by atoms with Gasteiger partial charge in [0.1, 0.15) is 0 Å². The molecule has 20 heavy (non-hydrogen) atoms. The van der Waals surface area contributed by atoms with Gasteiger partial charge in [0.25, 0.3) is 0 Å². The Kier molecular flexibility index (Phi) is 5.79. The molecule has 1 aromatic rings. The average Bonchev–Trinajstić information content (AvgIpc) is 2.30. The summed E-state index contributed by atoms with van der Waals surface area (Å²) in [6, 6.07) is 4.12. The Hall–Kier alpha value is -1.31. The van der Waals surface area contributed by atoms with Crippen LogP contribution < -0.4 is 4.72 Å². The van der Waals surface area contributed by atoms with Gasteiger partial charge in [0.15, 0.2) is 0 Å². The number of sulfonamides is 1. The second-order valence-electron chi connectivity index (χ2n) is 4.31. The molecule has 0 saturated heterocycles. The molecule has 0 bridgehead atoms. The molecule has 0 fully saturated rings. The highest BCUT2D eigenvalue weighted by molar-refractivity contribution is 7.92. The first-order valence-electron chi connectivity index (χ1n) is 5.87. The number of hydrogen-bond donors (Lipinski definition) is 2. The number of ether oxygens (including phenoxy) is 1. The predicted octanol–water partition coefficient (Wildman–Crippen LogP) is 2.20. The maximum absolute atomic E-state index is 11.9. The second kappa shape index (κ2) is 6.92. The summed E-state index contributed by atoms with van der Waals surface area (Å²) < 4.78 is 31.1. The number of carboxylic acids is 1. The molecule has 8 heteroatoms. The van der Waals surface area contributed by atoms with E-state index in [-0.39, 0.29) is 34.7 Å². The minimum absolute atomic E-state index is 0.0137. The van der Waals surface area contributed by atoms with Crippen LogP contribution in [0.4, 0.5) is 5.69 Å². The van der Waals surface area contributed by atoms with Crippen molar-refractivity contribution in [2.24, 2.45) is 0 Å². The molecule has 0 amide bonds. The van der Waals surface area contributed by atoms with Crippen molar-refractivity contribution in [2.75, 3.05) is 17.1 Å². The first-order valence-corrected chi connectivity index (χ1v) is 7.90. The third kappa shape index (κ3) is 4.99. The van der Waals surface area contributed by atoms with Crippen LogP contribution in [0.1, 0.15) is 24.2 Å². The molecule has 6 nitrogen and oxygen atoms in total. The van der Waals surface area contributed by atoms with Crippen molar-refractivity contribution < 1.29 is 23.1 Å². The number of nitrogens with one attached hydrogen (secondary N) is 1. The monoisotopic (exact) mass is 321 g/mol. The number of anilines is 1. The van der Waals surface area contributed by atoms with E-state index in [0.29, 0.717) is 0 Å². The van der Waals surface area contributed by atoms with E-state index in [1.807, 2.05) is 0 Å². The lowest BCUT2D eigenvalue weighted by atomic mass is 10.2. The number of rotatable bonds is 7. The summed E-state index contributed by atoms with van der Waals surface area (Å²) in [6.07, 6.45) is -0.0832. The van der Waals surface area contributed by atoms with Gasteiger partial charge in [-0.25, -0.2) is 13.2 Å². The first kappa shape index (κ1) is 16.7. The third-order valence-corrected chi connectivity index (χ3v) is 3.84. The van der Waals surface area contributed by atoms with E-state index in [2.05, 4.69) is 4.72 Å². The van der Waals surface area contributed by atoms with Crippen LogP contribution >= 0.6 is 11.6 Å². The zero-order chi connectivity index (χ0) is 15.3. The van der Waals surface area contributed by atoms with Gasteiger partial charge in [0.05, 0.1) is 34.7 Å². The molecule has 0 aliphatic rings. The van der Waals surface area contributed by atoms with Gasteiger partial charge in [0.2, 0.25) is 10.0 Å². The smallest absolute Gasteiger partial charge is 0.337 e. The molecule has 0 aliphatic heterocycles. The highest BCUT2D eigenvalue weighted by atomic mass is 35.5. The van der Waals surface area contributed by atoms with Gasteiger partial charge in [-0.1, -0.05) is 17.7 Å². The number of carboxylic acid groups (broad SMARTS) is 1. The number of carbonyl (C=O) groups is 1. The molecule has 112 valence electrons. The summed E-state index contributed by atoms with van der Waals surface area (Å²) >= 11 is 5.84. The zero-order valence-electron chi connectivity index (χ0n) is 11.1. The lowest BCUT2D eigenvalue weighted by Crippen LogP contribution is -2.22. The summed E-state index contributed by atoms with van der Waals surface area (Å²) in [6.45, 7) is 3.59. The molecule has 0 spiro atoms. The molecule has 2 N–H and O–H groups in total. The van der Waals surface area contributed by atoms with Crippen LogP contribution in [0.5, 0.6) is 0 Å². The summed E-state index contributed by atoms with van der Waals surface area (Å²) in [7, 11) is -3.73. The van der Waals surface area contributed by atoms with Crippen LogP contribution in [0.25, 0.3) is 0 Å². The minimum atomic E-state index is -3.73. The van der Waals surface area contributed by atoms with E-state index in [1.54, 1.807) is 13.8 Å². The van der Waals surface area contributed by atoms with Crippen molar-refractivity contribution in [3.63, 3.8) is 0 Å². The van der Waals surface area contributed by atoms with Gasteiger partial charge in [-0.05, 0) is 26.0 Å². The van der Waals surface area contributed by atoms with Crippen molar-refractivity contribution in [3.05, 3.63) is 28.8 Å². The number of hydrogen-bond acceptors (Lipinski definition) is 4. The molecular formula is C12H16ClNO5S. The highest BCUT2D eigenvalue weighted by Gasteiger charge is 2.19. The predicted molar refractivity (Wildman–Crippen MR) is 76.9 cm³/mol. The molecule has 0 aliphatic carbocycles. The van der Waals surface area contributed by atoms with E-state index >= 15 is 0 Å². The Morgan fingerprint density at radius 3 is 2.65 bits per heavy atom. The van der Waals surface area contributed by atoms with E-state index in [4.69, 9.17) is 21.4 Å². The molecular weight excluding hydrogens is 306 g/mol. The van der Waals surface area contributed by atoms with Gasteiger partial charge < -0.3 is 9.84 Å². The summed E-state index contributed by atoms with van der Waals surface area (Å²) in [5.41, 5.74) is -0.336. The van der Waals surface area contributed by atoms with Crippen molar-refractivity contribution in [1.29, 1.82) is 0 Å². The minimum Gasteiger partial charge on any atom is -0.478 e.